The van der Waals surface area contributed by atoms with E-state index in [2.05, 4.69) is 16.6 Å². The van der Waals surface area contributed by atoms with Crippen LogP contribution in [0.4, 0.5) is 0 Å². The largest absolute Gasteiger partial charge is 0.489 e. The number of nitrogens with one attached hydrogen (secondary N) is 2. The second kappa shape index (κ2) is 13.7. The maximum atomic E-state index is 13.5. The first-order valence-electron chi connectivity index (χ1n) is 14.8. The number of amides is 3. The molecule has 10 nitrogen and oxygen atoms in total. The molecule has 1 aliphatic carbocycles. The summed E-state index contributed by atoms with van der Waals surface area (Å²) < 4.78 is 40.6. The van der Waals surface area contributed by atoms with Crippen LogP contribution >= 0.6 is 0 Å². The maximum Gasteiger partial charge on any atom is 0.264 e. The Morgan fingerprint density at radius 2 is 1.64 bits per heavy atom. The topological polar surface area (TPSA) is 131 Å². The lowest BCUT2D eigenvalue weighted by atomic mass is 10.1. The highest BCUT2D eigenvalue weighted by molar-refractivity contribution is 7.90. The van der Waals surface area contributed by atoms with Crippen molar-refractivity contribution in [1.82, 2.24) is 14.9 Å². The van der Waals surface area contributed by atoms with Crippen LogP contribution in [0.2, 0.25) is 0 Å². The molecule has 1 saturated carbocycles. The van der Waals surface area contributed by atoms with Crippen LogP contribution in [0.25, 0.3) is 0 Å². The minimum Gasteiger partial charge on any atom is -0.489 e. The number of carbonyl (C=O) groups is 3. The summed E-state index contributed by atoms with van der Waals surface area (Å²) in [6.45, 7) is 6.22. The predicted molar refractivity (Wildman–Crippen MR) is 167 cm³/mol. The molecular formula is C34H37N3O7S. The van der Waals surface area contributed by atoms with Crippen molar-refractivity contribution in [2.75, 3.05) is 6.54 Å². The first kappa shape index (κ1) is 31.9. The number of carbonyl (C=O) groups excluding carboxylic acids is 3. The molecule has 4 atom stereocenters. The van der Waals surface area contributed by atoms with Crippen LogP contribution < -0.4 is 14.8 Å². The summed E-state index contributed by atoms with van der Waals surface area (Å²) in [5.74, 6) is -1.67. The number of rotatable bonds is 13. The molecule has 3 amide bonds. The van der Waals surface area contributed by atoms with Gasteiger partial charge in [-0.15, -0.1) is 6.58 Å². The van der Waals surface area contributed by atoms with Crippen molar-refractivity contribution >= 4 is 27.7 Å². The van der Waals surface area contributed by atoms with Gasteiger partial charge in [0.1, 0.15) is 17.9 Å². The number of likely N-dealkylation sites (tertiary alicyclic amines) is 1. The van der Waals surface area contributed by atoms with Crippen LogP contribution in [-0.4, -0.2) is 55.3 Å². The molecule has 1 heterocycles. The monoisotopic (exact) mass is 631 g/mol. The van der Waals surface area contributed by atoms with Gasteiger partial charge in [0.15, 0.2) is 0 Å². The van der Waals surface area contributed by atoms with Crippen molar-refractivity contribution in [3.8, 4) is 5.75 Å². The Labute approximate surface area is 263 Å². The minimum absolute atomic E-state index is 0.106. The van der Waals surface area contributed by atoms with Crippen molar-refractivity contribution < 1.29 is 32.3 Å². The number of hydrogen-bond donors (Lipinski definition) is 2. The van der Waals surface area contributed by atoms with Crippen LogP contribution in [0.15, 0.2) is 102 Å². The Hall–Kier alpha value is -4.48. The van der Waals surface area contributed by atoms with Gasteiger partial charge in [-0.05, 0) is 36.1 Å². The molecule has 5 rings (SSSR count). The van der Waals surface area contributed by atoms with E-state index >= 15 is 0 Å². The third kappa shape index (κ3) is 7.61. The van der Waals surface area contributed by atoms with E-state index in [-0.39, 0.29) is 36.4 Å². The highest BCUT2D eigenvalue weighted by Crippen LogP contribution is 2.45. The van der Waals surface area contributed by atoms with Gasteiger partial charge in [0.2, 0.25) is 11.8 Å². The molecule has 3 aromatic carbocycles. The average Bonchev–Trinajstić information content (AvgIpc) is 3.61. The molecule has 0 radical (unpaired) electrons. The van der Waals surface area contributed by atoms with Gasteiger partial charge in [-0.3, -0.25) is 14.4 Å². The zero-order valence-electron chi connectivity index (χ0n) is 25.1. The molecular weight excluding hydrogens is 594 g/mol. The van der Waals surface area contributed by atoms with Crippen molar-refractivity contribution in [3.63, 3.8) is 0 Å². The smallest absolute Gasteiger partial charge is 0.264 e. The van der Waals surface area contributed by atoms with Crippen LogP contribution in [0.3, 0.4) is 0 Å². The molecule has 11 heteroatoms. The van der Waals surface area contributed by atoms with E-state index in [4.69, 9.17) is 9.47 Å². The van der Waals surface area contributed by atoms with E-state index in [0.717, 1.165) is 11.1 Å². The normalized spacial score (nSPS) is 22.3. The number of nitrogens with zero attached hydrogens (tertiary/aromatic N) is 1. The second-order valence-electron chi connectivity index (χ2n) is 11.4. The number of sulfonamides is 1. The molecule has 0 spiro atoms. The summed E-state index contributed by atoms with van der Waals surface area (Å²) in [6, 6.07) is 24.4. The highest BCUT2D eigenvalue weighted by Gasteiger charge is 2.60. The molecule has 1 aliphatic heterocycles. The molecule has 2 aliphatic rings. The zero-order chi connectivity index (χ0) is 32.0. The van der Waals surface area contributed by atoms with Gasteiger partial charge >= 0.3 is 0 Å². The Morgan fingerprint density at radius 3 is 2.27 bits per heavy atom. The van der Waals surface area contributed by atoms with Crippen LogP contribution in [0.1, 0.15) is 37.3 Å². The van der Waals surface area contributed by atoms with Crippen LogP contribution in [0, 0.1) is 5.92 Å². The quantitative estimate of drug-likeness (QED) is 0.275. The Bertz CT molecular complexity index is 1650. The van der Waals surface area contributed by atoms with E-state index < -0.39 is 39.3 Å². The average molecular weight is 632 g/mol. The van der Waals surface area contributed by atoms with Crippen molar-refractivity contribution in [2.24, 2.45) is 5.92 Å². The van der Waals surface area contributed by atoms with E-state index in [1.807, 2.05) is 60.7 Å². The lowest BCUT2D eigenvalue weighted by molar-refractivity contribution is -0.134. The van der Waals surface area contributed by atoms with Crippen molar-refractivity contribution in [3.05, 3.63) is 109 Å². The fraction of sp³-hybridized carbons (Fsp3) is 0.324. The molecule has 0 bridgehead atoms. The van der Waals surface area contributed by atoms with E-state index in [9.17, 15) is 22.8 Å². The third-order valence-electron chi connectivity index (χ3n) is 8.25. The molecule has 2 N–H and O–H groups in total. The van der Waals surface area contributed by atoms with Gasteiger partial charge in [0.05, 0.1) is 23.6 Å². The molecule has 3 aromatic rings. The molecule has 45 heavy (non-hydrogen) atoms. The number of benzene rings is 3. The van der Waals surface area contributed by atoms with Crippen LogP contribution in [0.5, 0.6) is 5.75 Å². The lowest BCUT2D eigenvalue weighted by Crippen LogP contribution is -2.53. The molecule has 1 saturated heterocycles. The summed E-state index contributed by atoms with van der Waals surface area (Å²) in [6.07, 6.45) is 1.80. The second-order valence-corrected chi connectivity index (χ2v) is 13.0. The molecule has 236 valence electrons. The number of ether oxygens (including phenoxy) is 2. The molecule has 2 unspecified atom stereocenters. The minimum atomic E-state index is -4.30. The van der Waals surface area contributed by atoms with Gasteiger partial charge in [-0.1, -0.05) is 72.8 Å². The SMILES string of the molecule is C=C[C@@H]1C[C@]1(NC(=O)CC1C(OCc2ccccc2)CCN1C(C)=O)C(=O)NS(=O)(=O)c1cccc(OCc2ccccc2)c1. The molecule has 2 fully saturated rings. The Balaban J connectivity index is 1.24. The number of hydrogen-bond acceptors (Lipinski definition) is 7. The molecule has 0 aromatic heterocycles. The summed E-state index contributed by atoms with van der Waals surface area (Å²) >= 11 is 0. The van der Waals surface area contributed by atoms with Gasteiger partial charge in [0, 0.05) is 31.9 Å². The van der Waals surface area contributed by atoms with E-state index in [1.54, 1.807) is 11.0 Å². The van der Waals surface area contributed by atoms with Crippen molar-refractivity contribution in [1.29, 1.82) is 0 Å². The fourth-order valence-corrected chi connectivity index (χ4v) is 6.77. The summed E-state index contributed by atoms with van der Waals surface area (Å²) in [5.41, 5.74) is 0.408. The third-order valence-corrected chi connectivity index (χ3v) is 9.58. The standard InChI is InChI=1S/C34H37N3O7S/c1-3-27-21-34(27,33(40)36-45(41,42)29-16-10-15-28(19-29)43-22-25-11-6-4-7-12-25)35-32(39)20-30-31(17-18-37(30)24(2)38)44-23-26-13-8-5-9-14-26/h3-16,19,27,30-31H,1,17-18,20-23H2,2H3,(H,35,39)(H,36,40)/t27-,30?,31?,34-/m1/s1. The van der Waals surface area contributed by atoms with E-state index in [0.29, 0.717) is 25.3 Å². The highest BCUT2D eigenvalue weighted by atomic mass is 32.2. The zero-order valence-corrected chi connectivity index (χ0v) is 25.9. The fourth-order valence-electron chi connectivity index (χ4n) is 5.70. The summed E-state index contributed by atoms with van der Waals surface area (Å²) in [7, 11) is -4.30. The van der Waals surface area contributed by atoms with Crippen LogP contribution in [-0.2, 0) is 42.4 Å². The van der Waals surface area contributed by atoms with Gasteiger partial charge in [0.25, 0.3) is 15.9 Å². The summed E-state index contributed by atoms with van der Waals surface area (Å²) in [5, 5.41) is 2.77. The lowest BCUT2D eigenvalue weighted by Gasteiger charge is -2.28. The Morgan fingerprint density at radius 1 is 0.978 bits per heavy atom. The van der Waals surface area contributed by atoms with Gasteiger partial charge in [-0.2, -0.15) is 0 Å². The van der Waals surface area contributed by atoms with Gasteiger partial charge < -0.3 is 19.7 Å². The summed E-state index contributed by atoms with van der Waals surface area (Å²) in [4.78, 5) is 40.7. The van der Waals surface area contributed by atoms with Gasteiger partial charge in [-0.25, -0.2) is 13.1 Å². The maximum absolute atomic E-state index is 13.5. The van der Waals surface area contributed by atoms with Crippen molar-refractivity contribution in [2.45, 2.75) is 62.0 Å². The Kier molecular flexibility index (Phi) is 9.69. The first-order valence-corrected chi connectivity index (χ1v) is 16.3. The predicted octanol–water partition coefficient (Wildman–Crippen LogP) is 3.73. The van der Waals surface area contributed by atoms with E-state index in [1.165, 1.54) is 31.2 Å². The first-order chi connectivity index (χ1) is 21.6.